The van der Waals surface area contributed by atoms with Crippen LogP contribution in [0.1, 0.15) is 53.4 Å². The van der Waals surface area contributed by atoms with E-state index in [1.807, 2.05) is 7.05 Å². The number of hydrogen-bond donors (Lipinski definition) is 2. The Bertz CT molecular complexity index is 289. The molecule has 0 heterocycles. The third-order valence-corrected chi connectivity index (χ3v) is 4.85. The Morgan fingerprint density at radius 1 is 1.25 bits per heavy atom. The molecule has 0 unspecified atom stereocenters. The fourth-order valence-corrected chi connectivity index (χ4v) is 2.92. The van der Waals surface area contributed by atoms with Gasteiger partial charge in [0.2, 0.25) is 0 Å². The predicted molar refractivity (Wildman–Crippen MR) is 88.3 cm³/mol. The number of nitrogens with one attached hydrogen (secondary N) is 2. The van der Waals surface area contributed by atoms with Gasteiger partial charge in [0, 0.05) is 32.7 Å². The van der Waals surface area contributed by atoms with Crippen molar-refractivity contribution in [2.45, 2.75) is 59.4 Å². The molecule has 0 aliphatic heterocycles. The Morgan fingerprint density at radius 2 is 1.95 bits per heavy atom. The smallest absolute Gasteiger partial charge is 0.191 e. The summed E-state index contributed by atoms with van der Waals surface area (Å²) < 4.78 is 0. The molecule has 0 aromatic carbocycles. The van der Waals surface area contributed by atoms with Crippen molar-refractivity contribution in [3.05, 3.63) is 0 Å². The summed E-state index contributed by atoms with van der Waals surface area (Å²) in [6.45, 7) is 13.2. The first-order valence-corrected chi connectivity index (χ1v) is 8.25. The third-order valence-electron chi connectivity index (χ3n) is 4.85. The first-order valence-electron chi connectivity index (χ1n) is 8.25. The van der Waals surface area contributed by atoms with Crippen LogP contribution < -0.4 is 10.6 Å². The summed E-state index contributed by atoms with van der Waals surface area (Å²) in [4.78, 5) is 6.79. The average Bonchev–Trinajstić information content (AvgIpc) is 2.39. The number of hydrogen-bond acceptors (Lipinski definition) is 2. The summed E-state index contributed by atoms with van der Waals surface area (Å²) in [5, 5.41) is 6.94. The van der Waals surface area contributed by atoms with Gasteiger partial charge in [-0.1, -0.05) is 20.3 Å². The minimum atomic E-state index is 0.533. The highest BCUT2D eigenvalue weighted by atomic mass is 15.2. The Kier molecular flexibility index (Phi) is 7.35. The highest BCUT2D eigenvalue weighted by Gasteiger charge is 2.34. The van der Waals surface area contributed by atoms with Crippen LogP contribution in [-0.4, -0.2) is 50.1 Å². The molecule has 4 nitrogen and oxygen atoms in total. The zero-order chi connectivity index (χ0) is 15.0. The second-order valence-electron chi connectivity index (χ2n) is 6.28. The van der Waals surface area contributed by atoms with Crippen LogP contribution in [0.4, 0.5) is 0 Å². The highest BCUT2D eigenvalue weighted by molar-refractivity contribution is 5.79. The van der Waals surface area contributed by atoms with Crippen LogP contribution in [-0.2, 0) is 0 Å². The lowest BCUT2D eigenvalue weighted by Crippen LogP contribution is -2.48. The summed E-state index contributed by atoms with van der Waals surface area (Å²) in [6.07, 6.45) is 5.39. The molecule has 1 saturated carbocycles. The Balaban J connectivity index is 2.26. The van der Waals surface area contributed by atoms with Gasteiger partial charge in [0.05, 0.1) is 0 Å². The Labute approximate surface area is 125 Å². The normalized spacial score (nSPS) is 18.2. The van der Waals surface area contributed by atoms with Crippen LogP contribution in [0.3, 0.4) is 0 Å². The maximum atomic E-state index is 4.33. The number of guanidine groups is 1. The molecule has 2 N–H and O–H groups in total. The maximum Gasteiger partial charge on any atom is 0.191 e. The van der Waals surface area contributed by atoms with Gasteiger partial charge >= 0.3 is 0 Å². The predicted octanol–water partition coefficient (Wildman–Crippen LogP) is 2.46. The molecule has 1 rings (SSSR count). The number of likely N-dealkylation sites (N-methyl/N-ethyl adjacent to an activating group) is 1. The molecular formula is C16H34N4. The van der Waals surface area contributed by atoms with Crippen molar-refractivity contribution < 1.29 is 0 Å². The summed E-state index contributed by atoms with van der Waals surface area (Å²) in [7, 11) is 1.86. The van der Waals surface area contributed by atoms with E-state index in [0.29, 0.717) is 11.5 Å². The van der Waals surface area contributed by atoms with Crippen LogP contribution in [0.25, 0.3) is 0 Å². The molecule has 118 valence electrons. The van der Waals surface area contributed by atoms with Crippen LogP contribution in [0, 0.1) is 5.41 Å². The van der Waals surface area contributed by atoms with E-state index >= 15 is 0 Å². The number of rotatable bonds is 8. The molecule has 0 aromatic rings. The number of nitrogens with zero attached hydrogens (tertiary/aromatic N) is 2. The number of aliphatic imine (C=N–C) groups is 1. The van der Waals surface area contributed by atoms with Gasteiger partial charge in [0.15, 0.2) is 5.96 Å². The van der Waals surface area contributed by atoms with Crippen molar-refractivity contribution in [1.29, 1.82) is 0 Å². The zero-order valence-electron chi connectivity index (χ0n) is 14.1. The van der Waals surface area contributed by atoms with Crippen LogP contribution >= 0.6 is 0 Å². The van der Waals surface area contributed by atoms with Crippen molar-refractivity contribution in [3.8, 4) is 0 Å². The average molecular weight is 282 g/mol. The van der Waals surface area contributed by atoms with Gasteiger partial charge in [-0.3, -0.25) is 9.89 Å². The van der Waals surface area contributed by atoms with Crippen molar-refractivity contribution in [2.24, 2.45) is 10.4 Å². The lowest BCUT2D eigenvalue weighted by molar-refractivity contribution is 0.131. The zero-order valence-corrected chi connectivity index (χ0v) is 14.1. The van der Waals surface area contributed by atoms with Crippen molar-refractivity contribution in [2.75, 3.05) is 33.2 Å². The first kappa shape index (κ1) is 17.3. The molecular weight excluding hydrogens is 248 g/mol. The van der Waals surface area contributed by atoms with Crippen molar-refractivity contribution >= 4 is 5.96 Å². The molecule has 0 bridgehead atoms. The van der Waals surface area contributed by atoms with E-state index in [2.05, 4.69) is 48.2 Å². The third kappa shape index (κ3) is 4.97. The van der Waals surface area contributed by atoms with E-state index in [0.717, 1.165) is 32.1 Å². The van der Waals surface area contributed by atoms with Crippen LogP contribution in [0.5, 0.6) is 0 Å². The molecule has 20 heavy (non-hydrogen) atoms. The Morgan fingerprint density at radius 3 is 2.35 bits per heavy atom. The first-order chi connectivity index (χ1) is 9.56. The SMILES string of the molecule is CCN(CCNC(=NC)NCC1(CC)CCC1)C(C)C. The van der Waals surface area contributed by atoms with Crippen molar-refractivity contribution in [1.82, 2.24) is 15.5 Å². The largest absolute Gasteiger partial charge is 0.356 e. The van der Waals surface area contributed by atoms with Gasteiger partial charge in [-0.25, -0.2) is 0 Å². The minimum Gasteiger partial charge on any atom is -0.356 e. The quantitative estimate of drug-likeness (QED) is 0.531. The van der Waals surface area contributed by atoms with Crippen LogP contribution in [0.2, 0.25) is 0 Å². The molecule has 0 radical (unpaired) electrons. The fourth-order valence-electron chi connectivity index (χ4n) is 2.92. The van der Waals surface area contributed by atoms with Gasteiger partial charge in [-0.15, -0.1) is 0 Å². The Hall–Kier alpha value is -0.770. The molecule has 1 aliphatic carbocycles. The van der Waals surface area contributed by atoms with Gasteiger partial charge < -0.3 is 10.6 Å². The molecule has 0 aromatic heterocycles. The summed E-state index contributed by atoms with van der Waals surface area (Å²) in [5.41, 5.74) is 0.533. The maximum absolute atomic E-state index is 4.33. The van der Waals surface area contributed by atoms with E-state index in [-0.39, 0.29) is 0 Å². The molecule has 1 aliphatic rings. The minimum absolute atomic E-state index is 0.533. The van der Waals surface area contributed by atoms with Gasteiger partial charge in [0.1, 0.15) is 0 Å². The van der Waals surface area contributed by atoms with Crippen molar-refractivity contribution in [3.63, 3.8) is 0 Å². The molecule has 4 heteroatoms. The van der Waals surface area contributed by atoms with Gasteiger partial charge in [-0.2, -0.15) is 0 Å². The highest BCUT2D eigenvalue weighted by Crippen LogP contribution is 2.42. The van der Waals surface area contributed by atoms with E-state index in [4.69, 9.17) is 0 Å². The molecule has 0 saturated heterocycles. The lowest BCUT2D eigenvalue weighted by atomic mass is 9.67. The summed E-state index contributed by atoms with van der Waals surface area (Å²) in [5.74, 6) is 0.949. The second kappa shape index (κ2) is 8.50. The van der Waals surface area contributed by atoms with E-state index in [1.165, 1.54) is 25.7 Å². The van der Waals surface area contributed by atoms with Gasteiger partial charge in [0.25, 0.3) is 0 Å². The monoisotopic (exact) mass is 282 g/mol. The van der Waals surface area contributed by atoms with Crippen LogP contribution in [0.15, 0.2) is 4.99 Å². The lowest BCUT2D eigenvalue weighted by Gasteiger charge is -2.41. The summed E-state index contributed by atoms with van der Waals surface area (Å²) in [6, 6.07) is 0.607. The fraction of sp³-hybridized carbons (Fsp3) is 0.938. The topological polar surface area (TPSA) is 39.7 Å². The summed E-state index contributed by atoms with van der Waals surface area (Å²) >= 11 is 0. The molecule has 1 fully saturated rings. The van der Waals surface area contributed by atoms with E-state index in [9.17, 15) is 0 Å². The van der Waals surface area contributed by atoms with Gasteiger partial charge in [-0.05, 0) is 45.1 Å². The standard InChI is InChI=1S/C16H34N4/c1-6-16(9-8-10-16)13-19-15(17-5)18-11-12-20(7-2)14(3)4/h14H,6-13H2,1-5H3,(H2,17,18,19). The van der Waals surface area contributed by atoms with E-state index in [1.54, 1.807) is 0 Å². The van der Waals surface area contributed by atoms with E-state index < -0.39 is 0 Å². The molecule has 0 atom stereocenters. The molecule has 0 spiro atoms. The molecule has 0 amide bonds. The second-order valence-corrected chi connectivity index (χ2v) is 6.28.